The summed E-state index contributed by atoms with van der Waals surface area (Å²) in [7, 11) is 0. The van der Waals surface area contributed by atoms with Crippen LogP contribution in [0.2, 0.25) is 0 Å². The van der Waals surface area contributed by atoms with Crippen LogP contribution < -0.4 is 0 Å². The van der Waals surface area contributed by atoms with Gasteiger partial charge in [0.25, 0.3) is 0 Å². The van der Waals surface area contributed by atoms with Gasteiger partial charge < -0.3 is 5.11 Å². The third-order valence-electron chi connectivity index (χ3n) is 1.56. The van der Waals surface area contributed by atoms with E-state index in [0.29, 0.717) is 6.42 Å². The first-order valence-corrected chi connectivity index (χ1v) is 5.09. The number of carboxylic acid groups (broad SMARTS) is 1. The van der Waals surface area contributed by atoms with Gasteiger partial charge in [-0.2, -0.15) is 11.8 Å². The van der Waals surface area contributed by atoms with Crippen molar-refractivity contribution in [3.63, 3.8) is 0 Å². The van der Waals surface area contributed by atoms with Crippen molar-refractivity contribution in [3.05, 3.63) is 6.33 Å². The largest absolute Gasteiger partial charge is 0.480 e. The summed E-state index contributed by atoms with van der Waals surface area (Å²) >= 11 is 1.60. The second kappa shape index (κ2) is 4.80. The second-order valence-electron chi connectivity index (χ2n) is 2.43. The van der Waals surface area contributed by atoms with E-state index >= 15 is 0 Å². The lowest BCUT2D eigenvalue weighted by molar-refractivity contribution is -0.141. The zero-order valence-corrected chi connectivity index (χ0v) is 7.94. The summed E-state index contributed by atoms with van der Waals surface area (Å²) in [6.07, 6.45) is 3.78. The van der Waals surface area contributed by atoms with E-state index in [1.165, 1.54) is 11.0 Å². The number of rotatable bonds is 5. The molecule has 1 aromatic rings. The minimum atomic E-state index is -0.902. The van der Waals surface area contributed by atoms with Crippen molar-refractivity contribution in [1.29, 1.82) is 0 Å². The normalized spacial score (nSPS) is 12.7. The Morgan fingerprint density at radius 3 is 3.00 bits per heavy atom. The van der Waals surface area contributed by atoms with Crippen LogP contribution >= 0.6 is 11.8 Å². The number of carbonyl (C=O) groups is 1. The molecule has 6 nitrogen and oxygen atoms in total. The molecular formula is C6H10N4O2S. The molecule has 0 fully saturated rings. The summed E-state index contributed by atoms with van der Waals surface area (Å²) in [6.45, 7) is 0. The van der Waals surface area contributed by atoms with Gasteiger partial charge in [-0.15, -0.1) is 5.10 Å². The summed E-state index contributed by atoms with van der Waals surface area (Å²) in [5.74, 6) is -0.127. The number of carboxylic acids is 1. The molecule has 1 rings (SSSR count). The molecule has 1 atom stereocenters. The fraction of sp³-hybridized carbons (Fsp3) is 0.667. The highest BCUT2D eigenvalue weighted by atomic mass is 32.2. The van der Waals surface area contributed by atoms with Crippen LogP contribution in [0.1, 0.15) is 12.5 Å². The Balaban J connectivity index is 2.63. The van der Waals surface area contributed by atoms with Crippen molar-refractivity contribution < 1.29 is 9.90 Å². The van der Waals surface area contributed by atoms with Gasteiger partial charge >= 0.3 is 5.97 Å². The molecule has 0 saturated carbocycles. The van der Waals surface area contributed by atoms with E-state index < -0.39 is 12.0 Å². The number of hydrogen-bond donors (Lipinski definition) is 1. The van der Waals surface area contributed by atoms with Gasteiger partial charge in [-0.1, -0.05) is 0 Å². The fourth-order valence-electron chi connectivity index (χ4n) is 0.910. The lowest BCUT2D eigenvalue weighted by atomic mass is 10.2. The molecule has 72 valence electrons. The zero-order chi connectivity index (χ0) is 9.68. The molecule has 0 saturated heterocycles. The standard InChI is InChI=1S/C6H10N4O2S/c1-13-3-2-5(6(11)12)10-4-7-8-9-10/h4-5H,2-3H2,1H3,(H,11,12)/t5-/m0/s1. The number of hydrogen-bond acceptors (Lipinski definition) is 5. The average Bonchev–Trinajstić information content (AvgIpc) is 2.57. The number of thioether (sulfide) groups is 1. The van der Waals surface area contributed by atoms with Gasteiger partial charge in [0.05, 0.1) is 0 Å². The van der Waals surface area contributed by atoms with E-state index in [1.54, 1.807) is 11.8 Å². The first-order chi connectivity index (χ1) is 6.25. The number of tetrazole rings is 1. The van der Waals surface area contributed by atoms with Gasteiger partial charge in [0.2, 0.25) is 0 Å². The van der Waals surface area contributed by atoms with E-state index in [2.05, 4.69) is 15.5 Å². The minimum absolute atomic E-state index is 0.529. The summed E-state index contributed by atoms with van der Waals surface area (Å²) in [5.41, 5.74) is 0. The van der Waals surface area contributed by atoms with Gasteiger partial charge in [0.15, 0.2) is 6.04 Å². The molecular weight excluding hydrogens is 192 g/mol. The van der Waals surface area contributed by atoms with Crippen molar-refractivity contribution in [2.45, 2.75) is 12.5 Å². The maximum Gasteiger partial charge on any atom is 0.328 e. The van der Waals surface area contributed by atoms with Gasteiger partial charge in [-0.25, -0.2) is 9.48 Å². The molecule has 1 heterocycles. The van der Waals surface area contributed by atoms with Gasteiger partial charge in [0, 0.05) is 0 Å². The number of nitrogens with zero attached hydrogens (tertiary/aromatic N) is 4. The van der Waals surface area contributed by atoms with Crippen LogP contribution in [0.5, 0.6) is 0 Å². The van der Waals surface area contributed by atoms with Crippen LogP contribution in [-0.4, -0.2) is 43.3 Å². The Morgan fingerprint density at radius 2 is 2.54 bits per heavy atom. The lowest BCUT2D eigenvalue weighted by Crippen LogP contribution is -2.20. The molecule has 0 aliphatic heterocycles. The molecule has 0 radical (unpaired) electrons. The first-order valence-electron chi connectivity index (χ1n) is 3.70. The Labute approximate surface area is 79.3 Å². The molecule has 7 heteroatoms. The summed E-state index contributed by atoms with van der Waals surface area (Å²) < 4.78 is 1.26. The molecule has 1 N–H and O–H groups in total. The van der Waals surface area contributed by atoms with E-state index in [4.69, 9.17) is 5.11 Å². The van der Waals surface area contributed by atoms with Crippen molar-refractivity contribution in [3.8, 4) is 0 Å². The van der Waals surface area contributed by atoms with E-state index in [1.807, 2.05) is 6.26 Å². The first kappa shape index (κ1) is 9.97. The summed E-state index contributed by atoms with van der Waals surface area (Å²) in [4.78, 5) is 10.8. The van der Waals surface area contributed by atoms with Crippen molar-refractivity contribution >= 4 is 17.7 Å². The summed E-state index contributed by atoms with van der Waals surface area (Å²) in [6, 6.07) is -0.651. The highest BCUT2D eigenvalue weighted by Gasteiger charge is 2.19. The second-order valence-corrected chi connectivity index (χ2v) is 3.41. The van der Waals surface area contributed by atoms with E-state index in [9.17, 15) is 4.79 Å². The Morgan fingerprint density at radius 1 is 1.77 bits per heavy atom. The predicted molar refractivity (Wildman–Crippen MR) is 47.5 cm³/mol. The topological polar surface area (TPSA) is 80.9 Å². The van der Waals surface area contributed by atoms with Crippen molar-refractivity contribution in [2.75, 3.05) is 12.0 Å². The molecule has 0 aliphatic carbocycles. The monoisotopic (exact) mass is 202 g/mol. The van der Waals surface area contributed by atoms with Crippen molar-refractivity contribution in [2.24, 2.45) is 0 Å². The number of aromatic nitrogens is 4. The third-order valence-corrected chi connectivity index (χ3v) is 2.21. The Hall–Kier alpha value is -1.11. The molecule has 0 aliphatic rings. The highest BCUT2D eigenvalue weighted by molar-refractivity contribution is 7.98. The quantitative estimate of drug-likeness (QED) is 0.726. The van der Waals surface area contributed by atoms with Crippen LogP contribution in [0.15, 0.2) is 6.33 Å². The van der Waals surface area contributed by atoms with Crippen LogP contribution in [-0.2, 0) is 4.79 Å². The average molecular weight is 202 g/mol. The number of aliphatic carboxylic acids is 1. The molecule has 13 heavy (non-hydrogen) atoms. The minimum Gasteiger partial charge on any atom is -0.480 e. The highest BCUT2D eigenvalue weighted by Crippen LogP contribution is 2.12. The SMILES string of the molecule is CSCC[C@@H](C(=O)O)n1cnnn1. The third kappa shape index (κ3) is 2.69. The molecule has 0 spiro atoms. The molecule has 0 aromatic carbocycles. The van der Waals surface area contributed by atoms with Crippen molar-refractivity contribution in [1.82, 2.24) is 20.2 Å². The maximum atomic E-state index is 10.8. The lowest BCUT2D eigenvalue weighted by Gasteiger charge is -2.09. The zero-order valence-electron chi connectivity index (χ0n) is 7.12. The van der Waals surface area contributed by atoms with E-state index in [0.717, 1.165) is 5.75 Å². The van der Waals surface area contributed by atoms with E-state index in [-0.39, 0.29) is 0 Å². The predicted octanol–water partition coefficient (Wildman–Crippen LogP) is 0.0519. The fourth-order valence-corrected chi connectivity index (χ4v) is 1.37. The van der Waals surface area contributed by atoms with Crippen LogP contribution in [0, 0.1) is 0 Å². The van der Waals surface area contributed by atoms with Crippen LogP contribution in [0.3, 0.4) is 0 Å². The van der Waals surface area contributed by atoms with Gasteiger partial charge in [-0.05, 0) is 28.9 Å². The molecule has 0 bridgehead atoms. The maximum absolute atomic E-state index is 10.8. The van der Waals surface area contributed by atoms with Gasteiger partial charge in [-0.3, -0.25) is 0 Å². The van der Waals surface area contributed by atoms with Crippen LogP contribution in [0.4, 0.5) is 0 Å². The Bertz CT molecular complexity index is 264. The molecule has 1 aromatic heterocycles. The van der Waals surface area contributed by atoms with Crippen LogP contribution in [0.25, 0.3) is 0 Å². The van der Waals surface area contributed by atoms with Gasteiger partial charge in [0.1, 0.15) is 6.33 Å². The Kier molecular flexibility index (Phi) is 3.69. The summed E-state index contributed by atoms with van der Waals surface area (Å²) in [5, 5.41) is 19.2. The molecule has 0 unspecified atom stereocenters. The molecule has 0 amide bonds. The smallest absolute Gasteiger partial charge is 0.328 e.